The van der Waals surface area contributed by atoms with Crippen molar-refractivity contribution in [3.8, 4) is 0 Å². The molecule has 1 unspecified atom stereocenters. The smallest absolute Gasteiger partial charge is 0.237 e. The summed E-state index contributed by atoms with van der Waals surface area (Å²) in [6.07, 6.45) is 1.47. The Balaban J connectivity index is 1.96. The molecule has 0 saturated heterocycles. The van der Waals surface area contributed by atoms with Crippen molar-refractivity contribution in [1.82, 2.24) is 0 Å². The molecule has 1 atom stereocenters. The van der Waals surface area contributed by atoms with Crippen LogP contribution in [0.3, 0.4) is 0 Å². The first-order chi connectivity index (χ1) is 9.06. The number of carbonyl (C=O) groups excluding carboxylic acids is 1. The van der Waals surface area contributed by atoms with Gasteiger partial charge in [-0.2, -0.15) is 0 Å². The number of hydrogen-bond donors (Lipinski definition) is 1. The van der Waals surface area contributed by atoms with Gasteiger partial charge < -0.3 is 9.73 Å². The summed E-state index contributed by atoms with van der Waals surface area (Å²) in [5.74, 6) is 0.234. The van der Waals surface area contributed by atoms with Gasteiger partial charge in [0, 0.05) is 5.69 Å². The van der Waals surface area contributed by atoms with E-state index in [1.54, 1.807) is 13.0 Å². The maximum atomic E-state index is 12.0. The highest BCUT2D eigenvalue weighted by Crippen LogP contribution is 2.14. The van der Waals surface area contributed by atoms with E-state index in [1.165, 1.54) is 6.26 Å². The highest BCUT2D eigenvalue weighted by Gasteiger charge is 2.14. The Morgan fingerprint density at radius 2 is 1.89 bits per heavy atom. The van der Waals surface area contributed by atoms with Crippen LogP contribution in [0.1, 0.15) is 11.3 Å². The van der Waals surface area contributed by atoms with Gasteiger partial charge in [-0.3, -0.25) is 9.00 Å². The molecule has 0 radical (unpaired) electrons. The van der Waals surface area contributed by atoms with Crippen LogP contribution in [0.2, 0.25) is 0 Å². The first kappa shape index (κ1) is 13.5. The number of furan rings is 1. The normalized spacial score (nSPS) is 12.1. The summed E-state index contributed by atoms with van der Waals surface area (Å²) < 4.78 is 17.0. The largest absolute Gasteiger partial charge is 0.468 e. The monoisotopic (exact) mass is 277 g/mol. The van der Waals surface area contributed by atoms with Crippen LogP contribution in [-0.2, 0) is 15.6 Å². The fourth-order valence-electron chi connectivity index (χ4n) is 1.64. The number of aryl methyl sites for hydroxylation is 2. The van der Waals surface area contributed by atoms with E-state index in [-0.39, 0.29) is 11.7 Å². The molecule has 0 bridgehead atoms. The second-order valence-corrected chi connectivity index (χ2v) is 5.66. The van der Waals surface area contributed by atoms with Crippen molar-refractivity contribution in [1.29, 1.82) is 0 Å². The van der Waals surface area contributed by atoms with Crippen LogP contribution in [0.15, 0.2) is 45.9 Å². The van der Waals surface area contributed by atoms with E-state index >= 15 is 0 Å². The number of rotatable bonds is 4. The molecule has 0 spiro atoms. The molecule has 0 aliphatic rings. The van der Waals surface area contributed by atoms with Crippen LogP contribution in [0, 0.1) is 13.8 Å². The highest BCUT2D eigenvalue weighted by molar-refractivity contribution is 7.85. The molecular formula is C14H15NO3S. The summed E-state index contributed by atoms with van der Waals surface area (Å²) in [6, 6.07) is 9.09. The molecule has 2 rings (SSSR count). The van der Waals surface area contributed by atoms with Gasteiger partial charge in [-0.05, 0) is 32.0 Å². The Morgan fingerprint density at radius 3 is 2.47 bits per heavy atom. The second kappa shape index (κ2) is 5.84. The Morgan fingerprint density at radius 1 is 1.21 bits per heavy atom. The molecule has 2 aromatic rings. The quantitative estimate of drug-likeness (QED) is 0.934. The Hall–Kier alpha value is -1.88. The fraction of sp³-hybridized carbons (Fsp3) is 0.214. The van der Waals surface area contributed by atoms with E-state index in [0.29, 0.717) is 16.3 Å². The predicted molar refractivity (Wildman–Crippen MR) is 74.5 cm³/mol. The standard InChI is InChI=1S/C14H15NO3S/c1-10-3-5-12(6-4-10)15-14(16)9-19(17)13-7-8-18-11(13)2/h3-8H,9H2,1-2H3,(H,15,16). The lowest BCUT2D eigenvalue weighted by atomic mass is 10.2. The van der Waals surface area contributed by atoms with Crippen LogP contribution < -0.4 is 5.32 Å². The topological polar surface area (TPSA) is 59.3 Å². The van der Waals surface area contributed by atoms with Gasteiger partial charge in [0.2, 0.25) is 5.91 Å². The first-order valence-corrected chi connectivity index (χ1v) is 7.17. The van der Waals surface area contributed by atoms with Crippen molar-refractivity contribution >= 4 is 22.4 Å². The maximum absolute atomic E-state index is 12.0. The van der Waals surface area contributed by atoms with Crippen LogP contribution in [-0.4, -0.2) is 15.9 Å². The number of anilines is 1. The number of amides is 1. The summed E-state index contributed by atoms with van der Waals surface area (Å²) in [4.78, 5) is 12.3. The molecule has 0 aliphatic carbocycles. The number of hydrogen-bond acceptors (Lipinski definition) is 3. The summed E-state index contributed by atoms with van der Waals surface area (Å²) in [6.45, 7) is 3.70. The molecule has 1 aromatic heterocycles. The third kappa shape index (κ3) is 3.54. The second-order valence-electron chi connectivity index (χ2n) is 4.25. The van der Waals surface area contributed by atoms with Crippen molar-refractivity contribution in [3.05, 3.63) is 47.9 Å². The van der Waals surface area contributed by atoms with E-state index in [9.17, 15) is 9.00 Å². The third-order valence-electron chi connectivity index (χ3n) is 2.65. The molecule has 0 saturated carbocycles. The SMILES string of the molecule is Cc1ccc(NC(=O)CS(=O)c2ccoc2C)cc1. The Labute approximate surface area is 114 Å². The van der Waals surface area contributed by atoms with Crippen LogP contribution in [0.5, 0.6) is 0 Å². The lowest BCUT2D eigenvalue weighted by Gasteiger charge is -2.05. The van der Waals surface area contributed by atoms with Crippen LogP contribution in [0.4, 0.5) is 5.69 Å². The molecule has 1 N–H and O–H groups in total. The third-order valence-corrected chi connectivity index (χ3v) is 4.09. The molecule has 4 nitrogen and oxygen atoms in total. The van der Waals surface area contributed by atoms with Crippen molar-refractivity contribution in [2.45, 2.75) is 18.7 Å². The molecule has 1 amide bonds. The minimum atomic E-state index is -1.38. The van der Waals surface area contributed by atoms with Gasteiger partial charge in [0.05, 0.1) is 22.0 Å². The summed E-state index contributed by atoms with van der Waals surface area (Å²) in [5, 5.41) is 2.72. The van der Waals surface area contributed by atoms with Crippen molar-refractivity contribution in [2.75, 3.05) is 11.1 Å². The molecule has 0 aliphatic heterocycles. The lowest BCUT2D eigenvalue weighted by Crippen LogP contribution is -2.19. The minimum Gasteiger partial charge on any atom is -0.468 e. The van der Waals surface area contributed by atoms with Gasteiger partial charge in [-0.15, -0.1) is 0 Å². The van der Waals surface area contributed by atoms with Gasteiger partial charge in [-0.1, -0.05) is 17.7 Å². The average molecular weight is 277 g/mol. The fourth-order valence-corrected chi connectivity index (χ4v) is 2.68. The van der Waals surface area contributed by atoms with Gasteiger partial charge in [0.1, 0.15) is 11.5 Å². The predicted octanol–water partition coefficient (Wildman–Crippen LogP) is 2.64. The lowest BCUT2D eigenvalue weighted by molar-refractivity contribution is -0.113. The van der Waals surface area contributed by atoms with E-state index in [4.69, 9.17) is 4.42 Å². The molecule has 19 heavy (non-hydrogen) atoms. The maximum Gasteiger partial charge on any atom is 0.237 e. The Kier molecular flexibility index (Phi) is 4.16. The van der Waals surface area contributed by atoms with Gasteiger partial charge in [0.25, 0.3) is 0 Å². The molecular weight excluding hydrogens is 262 g/mol. The average Bonchev–Trinajstić information content (AvgIpc) is 2.78. The first-order valence-electron chi connectivity index (χ1n) is 5.85. The molecule has 5 heteroatoms. The van der Waals surface area contributed by atoms with Gasteiger partial charge in [0.15, 0.2) is 0 Å². The molecule has 1 aromatic carbocycles. The zero-order valence-electron chi connectivity index (χ0n) is 10.8. The van der Waals surface area contributed by atoms with Crippen molar-refractivity contribution < 1.29 is 13.4 Å². The summed E-state index contributed by atoms with van der Waals surface area (Å²) in [7, 11) is -1.38. The number of benzene rings is 1. The number of nitrogens with one attached hydrogen (secondary N) is 1. The van der Waals surface area contributed by atoms with Crippen LogP contribution in [0.25, 0.3) is 0 Å². The molecule has 100 valence electrons. The van der Waals surface area contributed by atoms with Gasteiger partial charge >= 0.3 is 0 Å². The minimum absolute atomic E-state index is 0.0751. The van der Waals surface area contributed by atoms with E-state index in [0.717, 1.165) is 5.56 Å². The molecule has 1 heterocycles. The van der Waals surface area contributed by atoms with Crippen molar-refractivity contribution in [2.24, 2.45) is 0 Å². The van der Waals surface area contributed by atoms with Crippen molar-refractivity contribution in [3.63, 3.8) is 0 Å². The van der Waals surface area contributed by atoms with E-state index < -0.39 is 10.8 Å². The van der Waals surface area contributed by atoms with E-state index in [1.807, 2.05) is 31.2 Å². The highest BCUT2D eigenvalue weighted by atomic mass is 32.2. The van der Waals surface area contributed by atoms with Gasteiger partial charge in [-0.25, -0.2) is 0 Å². The molecule has 0 fully saturated rings. The van der Waals surface area contributed by atoms with E-state index in [2.05, 4.69) is 5.32 Å². The number of carbonyl (C=O) groups is 1. The summed E-state index contributed by atoms with van der Waals surface area (Å²) in [5.41, 5.74) is 1.83. The van der Waals surface area contributed by atoms with Crippen LogP contribution >= 0.6 is 0 Å². The summed E-state index contributed by atoms with van der Waals surface area (Å²) >= 11 is 0. The zero-order chi connectivity index (χ0) is 13.8. The zero-order valence-corrected chi connectivity index (χ0v) is 11.6. The Bertz CT molecular complexity index is 601.